The van der Waals surface area contributed by atoms with Gasteiger partial charge in [-0.1, -0.05) is 42.5 Å². The molecule has 0 aliphatic heterocycles. The predicted molar refractivity (Wildman–Crippen MR) is 98.7 cm³/mol. The van der Waals surface area contributed by atoms with Gasteiger partial charge in [0.2, 0.25) is 0 Å². The van der Waals surface area contributed by atoms with Crippen molar-refractivity contribution in [3.05, 3.63) is 87.8 Å². The number of carbonyl (C=O) groups excluding carboxylic acids is 1. The second-order valence-electron chi connectivity index (χ2n) is 5.96. The normalized spacial score (nSPS) is 10.5. The lowest BCUT2D eigenvalue weighted by molar-refractivity contribution is 0.0944. The molecule has 6 heteroatoms. The summed E-state index contributed by atoms with van der Waals surface area (Å²) in [6.45, 7) is 2.29. The van der Waals surface area contributed by atoms with Crippen molar-refractivity contribution in [2.45, 2.75) is 13.3 Å². The van der Waals surface area contributed by atoms with E-state index >= 15 is 0 Å². The van der Waals surface area contributed by atoms with Gasteiger partial charge in [-0.2, -0.15) is 9.78 Å². The van der Waals surface area contributed by atoms with Gasteiger partial charge in [-0.25, -0.2) is 0 Å². The number of carbonyl (C=O) groups is 1. The Morgan fingerprint density at radius 2 is 1.88 bits per heavy atom. The summed E-state index contributed by atoms with van der Waals surface area (Å²) >= 11 is 0. The second-order valence-corrected chi connectivity index (χ2v) is 5.96. The molecule has 0 fully saturated rings. The van der Waals surface area contributed by atoms with Crippen molar-refractivity contribution in [2.24, 2.45) is 0 Å². The van der Waals surface area contributed by atoms with Crippen LogP contribution < -0.4 is 10.9 Å². The van der Waals surface area contributed by atoms with Crippen LogP contribution in [0.25, 0.3) is 5.69 Å². The number of rotatable bonds is 5. The van der Waals surface area contributed by atoms with Gasteiger partial charge in [0, 0.05) is 12.6 Å². The van der Waals surface area contributed by atoms with Crippen LogP contribution in [0.3, 0.4) is 0 Å². The van der Waals surface area contributed by atoms with Gasteiger partial charge < -0.3 is 10.4 Å². The minimum absolute atomic E-state index is 0.181. The average molecular weight is 349 g/mol. The average Bonchev–Trinajstić information content (AvgIpc) is 2.62. The van der Waals surface area contributed by atoms with Gasteiger partial charge >= 0.3 is 0 Å². The molecule has 0 radical (unpaired) electrons. The van der Waals surface area contributed by atoms with Gasteiger partial charge in [0.15, 0.2) is 11.4 Å². The molecule has 0 bridgehead atoms. The SMILES string of the molecule is Cc1cccc(-n2nc(C(=O)NCCc3ccccc3)c(O)cc2=O)c1. The van der Waals surface area contributed by atoms with Gasteiger partial charge in [-0.05, 0) is 36.6 Å². The number of aryl methyl sites for hydroxylation is 1. The number of amides is 1. The van der Waals surface area contributed by atoms with E-state index < -0.39 is 17.2 Å². The van der Waals surface area contributed by atoms with Crippen LogP contribution in [0.15, 0.2) is 65.5 Å². The Labute approximate surface area is 150 Å². The van der Waals surface area contributed by atoms with Crippen molar-refractivity contribution in [3.8, 4) is 11.4 Å². The quantitative estimate of drug-likeness (QED) is 0.740. The van der Waals surface area contributed by atoms with E-state index in [1.165, 1.54) is 0 Å². The third-order valence-corrected chi connectivity index (χ3v) is 3.91. The largest absolute Gasteiger partial charge is 0.505 e. The third-order valence-electron chi connectivity index (χ3n) is 3.91. The maximum absolute atomic E-state index is 12.4. The number of aromatic hydroxyl groups is 1. The molecule has 2 N–H and O–H groups in total. The molecule has 0 aliphatic rings. The fourth-order valence-corrected chi connectivity index (χ4v) is 2.60. The maximum Gasteiger partial charge on any atom is 0.275 e. The van der Waals surface area contributed by atoms with E-state index in [1.807, 2.05) is 43.3 Å². The molecule has 3 aromatic rings. The molecule has 6 nitrogen and oxygen atoms in total. The Kier molecular flexibility index (Phi) is 5.12. The zero-order valence-corrected chi connectivity index (χ0v) is 14.3. The lowest BCUT2D eigenvalue weighted by atomic mass is 10.1. The van der Waals surface area contributed by atoms with Crippen LogP contribution in [0.5, 0.6) is 5.75 Å². The van der Waals surface area contributed by atoms with Crippen molar-refractivity contribution >= 4 is 5.91 Å². The van der Waals surface area contributed by atoms with Gasteiger partial charge in [0.25, 0.3) is 11.5 Å². The van der Waals surface area contributed by atoms with E-state index in [-0.39, 0.29) is 5.69 Å². The number of nitrogens with zero attached hydrogens (tertiary/aromatic N) is 2. The van der Waals surface area contributed by atoms with Crippen molar-refractivity contribution in [2.75, 3.05) is 6.54 Å². The minimum Gasteiger partial charge on any atom is -0.505 e. The summed E-state index contributed by atoms with van der Waals surface area (Å²) in [4.78, 5) is 24.5. The van der Waals surface area contributed by atoms with Crippen LogP contribution in [0, 0.1) is 6.92 Å². The highest BCUT2D eigenvalue weighted by molar-refractivity contribution is 5.94. The highest BCUT2D eigenvalue weighted by atomic mass is 16.3. The molecule has 0 spiro atoms. The molecule has 0 aliphatic carbocycles. The van der Waals surface area contributed by atoms with Crippen LogP contribution in [-0.2, 0) is 6.42 Å². The van der Waals surface area contributed by atoms with Gasteiger partial charge in [-0.15, -0.1) is 0 Å². The van der Waals surface area contributed by atoms with Crippen molar-refractivity contribution < 1.29 is 9.90 Å². The molecule has 0 unspecified atom stereocenters. The Morgan fingerprint density at radius 1 is 1.12 bits per heavy atom. The summed E-state index contributed by atoms with van der Waals surface area (Å²) in [6.07, 6.45) is 0.658. The zero-order chi connectivity index (χ0) is 18.5. The van der Waals surface area contributed by atoms with Gasteiger partial charge in [0.05, 0.1) is 5.69 Å². The molecule has 0 atom stereocenters. The summed E-state index contributed by atoms with van der Waals surface area (Å²) in [7, 11) is 0. The zero-order valence-electron chi connectivity index (χ0n) is 14.3. The molecule has 1 aromatic heterocycles. The van der Waals surface area contributed by atoms with Crippen LogP contribution in [0.4, 0.5) is 0 Å². The summed E-state index contributed by atoms with van der Waals surface area (Å²) < 4.78 is 1.11. The highest BCUT2D eigenvalue weighted by Gasteiger charge is 2.16. The summed E-state index contributed by atoms with van der Waals surface area (Å²) in [5.74, 6) is -0.962. The van der Waals surface area contributed by atoms with Crippen LogP contribution in [-0.4, -0.2) is 27.3 Å². The van der Waals surface area contributed by atoms with E-state index in [4.69, 9.17) is 0 Å². The second kappa shape index (κ2) is 7.65. The van der Waals surface area contributed by atoms with E-state index in [1.54, 1.807) is 18.2 Å². The molecule has 1 amide bonds. The minimum atomic E-state index is -0.528. The number of hydrogen-bond acceptors (Lipinski definition) is 4. The van der Waals surface area contributed by atoms with E-state index in [0.29, 0.717) is 18.7 Å². The predicted octanol–water partition coefficient (Wildman–Crippen LogP) is 2.22. The standard InChI is InChI=1S/C20H19N3O3/c1-14-6-5-9-16(12-14)23-18(25)13-17(24)19(22-23)20(26)21-11-10-15-7-3-2-4-8-15/h2-9,12-13,24H,10-11H2,1H3,(H,21,26). The lowest BCUT2D eigenvalue weighted by Gasteiger charge is -2.10. The van der Waals surface area contributed by atoms with E-state index in [2.05, 4.69) is 10.4 Å². The molecule has 2 aromatic carbocycles. The first-order valence-corrected chi connectivity index (χ1v) is 8.27. The number of hydrogen-bond donors (Lipinski definition) is 2. The molecule has 1 heterocycles. The molecular formula is C20H19N3O3. The van der Waals surface area contributed by atoms with Crippen molar-refractivity contribution in [3.63, 3.8) is 0 Å². The van der Waals surface area contributed by atoms with Crippen molar-refractivity contribution in [1.29, 1.82) is 0 Å². The van der Waals surface area contributed by atoms with Gasteiger partial charge in [-0.3, -0.25) is 9.59 Å². The Morgan fingerprint density at radius 3 is 2.62 bits per heavy atom. The Balaban J connectivity index is 1.79. The number of aromatic nitrogens is 2. The number of benzene rings is 2. The topological polar surface area (TPSA) is 84.2 Å². The third kappa shape index (κ3) is 3.97. The smallest absolute Gasteiger partial charge is 0.275 e. The molecule has 0 saturated heterocycles. The van der Waals surface area contributed by atoms with Crippen LogP contribution >= 0.6 is 0 Å². The molecule has 0 saturated carbocycles. The first-order chi connectivity index (χ1) is 12.5. The lowest BCUT2D eigenvalue weighted by Crippen LogP contribution is -2.30. The van der Waals surface area contributed by atoms with Crippen molar-refractivity contribution in [1.82, 2.24) is 15.1 Å². The highest BCUT2D eigenvalue weighted by Crippen LogP contribution is 2.13. The van der Waals surface area contributed by atoms with E-state index in [9.17, 15) is 14.7 Å². The monoisotopic (exact) mass is 349 g/mol. The van der Waals surface area contributed by atoms with Crippen LogP contribution in [0.2, 0.25) is 0 Å². The first-order valence-electron chi connectivity index (χ1n) is 8.27. The molecule has 132 valence electrons. The fourth-order valence-electron chi connectivity index (χ4n) is 2.60. The fraction of sp³-hybridized carbons (Fsp3) is 0.150. The summed E-state index contributed by atoms with van der Waals surface area (Å²) in [6, 6.07) is 17.9. The van der Waals surface area contributed by atoms with Gasteiger partial charge in [0.1, 0.15) is 0 Å². The maximum atomic E-state index is 12.4. The Hall–Kier alpha value is -3.41. The summed E-state index contributed by atoms with van der Waals surface area (Å²) in [5, 5.41) is 16.7. The summed E-state index contributed by atoms with van der Waals surface area (Å²) in [5.41, 5.74) is 1.90. The van der Waals surface area contributed by atoms with Crippen LogP contribution in [0.1, 0.15) is 21.6 Å². The first kappa shape index (κ1) is 17.4. The van der Waals surface area contributed by atoms with E-state index in [0.717, 1.165) is 21.9 Å². The Bertz CT molecular complexity index is 981. The molecule has 3 rings (SSSR count). The number of nitrogens with one attached hydrogen (secondary N) is 1. The molecular weight excluding hydrogens is 330 g/mol. The molecule has 26 heavy (non-hydrogen) atoms.